The Kier molecular flexibility index (Phi) is 6.05. The Hall–Kier alpha value is -3.69. The number of anilines is 4. The third-order valence-corrected chi connectivity index (χ3v) is 7.00. The van der Waals surface area contributed by atoms with E-state index in [-0.39, 0.29) is 5.75 Å². The maximum atomic E-state index is 15.3. The van der Waals surface area contributed by atoms with Gasteiger partial charge in [-0.25, -0.2) is 18.6 Å². The van der Waals surface area contributed by atoms with Crippen LogP contribution in [0.1, 0.15) is 19.4 Å². The number of aromatic nitrogens is 1. The van der Waals surface area contributed by atoms with Gasteiger partial charge in [0, 0.05) is 29.0 Å². The van der Waals surface area contributed by atoms with Crippen molar-refractivity contribution < 1.29 is 18.7 Å². The fourth-order valence-electron chi connectivity index (χ4n) is 4.61. The van der Waals surface area contributed by atoms with Crippen molar-refractivity contribution in [1.82, 2.24) is 4.98 Å². The number of carbonyl (C=O) groups excluding carboxylic acids is 1. The maximum absolute atomic E-state index is 15.3. The second-order valence-electron chi connectivity index (χ2n) is 9.04. The van der Waals surface area contributed by atoms with Gasteiger partial charge in [-0.3, -0.25) is 5.32 Å². The van der Waals surface area contributed by atoms with Crippen LogP contribution in [0.2, 0.25) is 4.47 Å². The number of urea groups is 1. The number of nitrogens with one attached hydrogen (secondary N) is 2. The summed E-state index contributed by atoms with van der Waals surface area (Å²) in [6.45, 7) is 4.30. The third-order valence-electron chi connectivity index (χ3n) is 6.03. The van der Waals surface area contributed by atoms with Gasteiger partial charge in [0.1, 0.15) is 23.2 Å². The van der Waals surface area contributed by atoms with Crippen LogP contribution in [0.4, 0.5) is 36.5 Å². The van der Waals surface area contributed by atoms with Gasteiger partial charge in [-0.1, -0.05) is 49.7 Å². The van der Waals surface area contributed by atoms with Gasteiger partial charge in [0.25, 0.3) is 0 Å². The Morgan fingerprint density at radius 3 is 2.56 bits per heavy atom. The van der Waals surface area contributed by atoms with E-state index in [0.29, 0.717) is 50.6 Å². The van der Waals surface area contributed by atoms with Gasteiger partial charge in [-0.2, -0.15) is 0 Å². The van der Waals surface area contributed by atoms with Gasteiger partial charge in [0.15, 0.2) is 4.47 Å². The van der Waals surface area contributed by atoms with Crippen molar-refractivity contribution >= 4 is 51.8 Å². The summed E-state index contributed by atoms with van der Waals surface area (Å²) < 4.78 is 29.2. The van der Waals surface area contributed by atoms with Crippen LogP contribution in [0.5, 0.6) is 5.75 Å². The molecule has 2 heterocycles. The lowest BCUT2D eigenvalue weighted by Crippen LogP contribution is -2.27. The first-order valence-electron chi connectivity index (χ1n) is 11.0. The number of amides is 2. The van der Waals surface area contributed by atoms with E-state index in [9.17, 15) is 14.3 Å². The highest BCUT2D eigenvalue weighted by Gasteiger charge is 2.42. The Balaban J connectivity index is 1.57. The van der Waals surface area contributed by atoms with Gasteiger partial charge in [0.2, 0.25) is 0 Å². The number of fused-ring (bicyclic) bond motifs is 1. The molecular formula is C26H21ClF2N4O2S. The van der Waals surface area contributed by atoms with E-state index in [1.807, 2.05) is 24.8 Å². The molecule has 3 N–H and O–H groups in total. The van der Waals surface area contributed by atoms with Crippen molar-refractivity contribution in [2.75, 3.05) is 22.1 Å². The Bertz CT molecular complexity index is 1470. The highest BCUT2D eigenvalue weighted by Crippen LogP contribution is 2.54. The third kappa shape index (κ3) is 4.36. The molecule has 0 bridgehead atoms. The molecule has 0 radical (unpaired) electrons. The average Bonchev–Trinajstić information content (AvgIpc) is 3.35. The van der Waals surface area contributed by atoms with Crippen LogP contribution >= 0.6 is 22.9 Å². The minimum atomic E-state index is -0.597. The van der Waals surface area contributed by atoms with Crippen LogP contribution in [0, 0.1) is 11.6 Å². The van der Waals surface area contributed by atoms with Crippen molar-refractivity contribution in [3.63, 3.8) is 0 Å². The predicted molar refractivity (Wildman–Crippen MR) is 140 cm³/mol. The number of rotatable bonds is 4. The normalized spacial score (nSPS) is 14.0. The number of para-hydroxylation sites is 2. The monoisotopic (exact) mass is 526 g/mol. The van der Waals surface area contributed by atoms with Crippen LogP contribution in [0.15, 0.2) is 60.0 Å². The average molecular weight is 527 g/mol. The molecule has 0 aliphatic carbocycles. The number of aromatic hydroxyl groups is 1. The molecule has 4 aromatic rings. The first-order valence-corrected chi connectivity index (χ1v) is 12.3. The maximum Gasteiger partial charge on any atom is 0.324 e. The smallest absolute Gasteiger partial charge is 0.324 e. The molecule has 10 heteroatoms. The van der Waals surface area contributed by atoms with E-state index in [0.717, 1.165) is 6.07 Å². The summed E-state index contributed by atoms with van der Waals surface area (Å²) in [6, 6.07) is 13.3. The molecule has 1 aromatic heterocycles. The molecule has 0 spiro atoms. The number of nitrogens with zero attached hydrogens (tertiary/aromatic N) is 2. The molecule has 0 unspecified atom stereocenters. The molecular weight excluding hydrogens is 506 g/mol. The minimum absolute atomic E-state index is 0.227. The number of phenols is 1. The molecule has 0 saturated heterocycles. The van der Waals surface area contributed by atoms with E-state index in [2.05, 4.69) is 15.6 Å². The van der Waals surface area contributed by atoms with E-state index in [4.69, 9.17) is 11.6 Å². The lowest BCUT2D eigenvalue weighted by Gasteiger charge is -2.25. The van der Waals surface area contributed by atoms with E-state index >= 15 is 4.39 Å². The largest absolute Gasteiger partial charge is 0.506 e. The Labute approximate surface area is 215 Å². The van der Waals surface area contributed by atoms with Crippen LogP contribution in [0.25, 0.3) is 11.1 Å². The standard InChI is InChI=1S/C26H21ClF2N4O2S/c1-26(2)13-33(18-6-4-3-5-17(18)30-25(35)32-20-12-36-24(27)31-20)23-19(34)11-16(29)21(22(23)26)14-7-9-15(28)10-8-14/h3-12,34H,13H2,1-2H3,(H2,30,32,35). The Morgan fingerprint density at radius 2 is 1.86 bits per heavy atom. The van der Waals surface area contributed by atoms with Crippen LogP contribution in [-0.4, -0.2) is 22.7 Å². The lowest BCUT2D eigenvalue weighted by molar-refractivity contribution is 0.262. The topological polar surface area (TPSA) is 77.5 Å². The molecule has 1 aliphatic heterocycles. The number of halogens is 3. The molecule has 6 nitrogen and oxygen atoms in total. The number of thiazole rings is 1. The van der Waals surface area contributed by atoms with Gasteiger partial charge in [0.05, 0.1) is 17.1 Å². The van der Waals surface area contributed by atoms with Crippen LogP contribution in [-0.2, 0) is 5.41 Å². The minimum Gasteiger partial charge on any atom is -0.506 e. The molecule has 5 rings (SSSR count). The number of hydrogen-bond acceptors (Lipinski definition) is 5. The molecule has 2 amide bonds. The number of phenolic OH excluding ortho intramolecular Hbond substituents is 1. The van der Waals surface area contributed by atoms with Crippen LogP contribution in [0.3, 0.4) is 0 Å². The molecule has 184 valence electrons. The molecule has 0 atom stereocenters. The summed E-state index contributed by atoms with van der Waals surface area (Å²) in [7, 11) is 0. The SMILES string of the molecule is CC1(C)CN(c2ccccc2NC(=O)Nc2csc(Cl)n2)c2c(O)cc(F)c(-c3ccc(F)cc3)c21. The first kappa shape index (κ1) is 24.0. The summed E-state index contributed by atoms with van der Waals surface area (Å²) in [5.74, 6) is -0.922. The van der Waals surface area contributed by atoms with Gasteiger partial charge in [-0.15, -0.1) is 11.3 Å². The van der Waals surface area contributed by atoms with E-state index < -0.39 is 23.1 Å². The van der Waals surface area contributed by atoms with Crippen LogP contribution < -0.4 is 15.5 Å². The lowest BCUT2D eigenvalue weighted by atomic mass is 9.81. The fraction of sp³-hybridized carbons (Fsp3) is 0.154. The fourth-order valence-corrected chi connectivity index (χ4v) is 5.31. The summed E-state index contributed by atoms with van der Waals surface area (Å²) in [5.41, 5.74) is 2.34. The summed E-state index contributed by atoms with van der Waals surface area (Å²) in [6.07, 6.45) is 0. The molecule has 3 aromatic carbocycles. The summed E-state index contributed by atoms with van der Waals surface area (Å²) >= 11 is 7.04. The number of benzene rings is 3. The van der Waals surface area contributed by atoms with Crippen molar-refractivity contribution in [3.05, 3.63) is 81.6 Å². The molecule has 1 aliphatic rings. The quantitative estimate of drug-likeness (QED) is 0.257. The molecule has 0 fully saturated rings. The zero-order valence-corrected chi connectivity index (χ0v) is 20.8. The molecule has 36 heavy (non-hydrogen) atoms. The van der Waals surface area contributed by atoms with Gasteiger partial charge >= 0.3 is 6.03 Å². The van der Waals surface area contributed by atoms with Crippen molar-refractivity contribution in [1.29, 1.82) is 0 Å². The number of carbonyl (C=O) groups is 1. The van der Waals surface area contributed by atoms with E-state index in [1.54, 1.807) is 23.6 Å². The first-order chi connectivity index (χ1) is 17.1. The Morgan fingerprint density at radius 1 is 1.14 bits per heavy atom. The molecule has 0 saturated carbocycles. The van der Waals surface area contributed by atoms with Crippen molar-refractivity contribution in [2.24, 2.45) is 0 Å². The predicted octanol–water partition coefficient (Wildman–Crippen LogP) is 7.52. The van der Waals surface area contributed by atoms with Crippen molar-refractivity contribution in [3.8, 4) is 16.9 Å². The summed E-state index contributed by atoms with van der Waals surface area (Å²) in [5, 5.41) is 18.0. The zero-order chi connectivity index (χ0) is 25.6. The highest BCUT2D eigenvalue weighted by atomic mass is 35.5. The highest BCUT2D eigenvalue weighted by molar-refractivity contribution is 7.14. The van der Waals surface area contributed by atoms with E-state index in [1.165, 1.54) is 35.6 Å². The van der Waals surface area contributed by atoms with Gasteiger partial charge < -0.3 is 15.3 Å². The van der Waals surface area contributed by atoms with Gasteiger partial charge in [-0.05, 0) is 35.4 Å². The number of hydrogen-bond donors (Lipinski definition) is 3. The second kappa shape index (κ2) is 9.07. The second-order valence-corrected chi connectivity index (χ2v) is 10.5. The van der Waals surface area contributed by atoms with Crippen molar-refractivity contribution in [2.45, 2.75) is 19.3 Å². The summed E-state index contributed by atoms with van der Waals surface area (Å²) in [4.78, 5) is 18.5. The zero-order valence-electron chi connectivity index (χ0n) is 19.3.